The van der Waals surface area contributed by atoms with Crippen molar-refractivity contribution in [2.24, 2.45) is 0 Å². The number of unbranched alkanes of at least 4 members (excludes halogenated alkanes) is 3. The molecule has 0 saturated heterocycles. The van der Waals surface area contributed by atoms with Gasteiger partial charge in [0, 0.05) is 7.05 Å². The molecule has 15 heavy (non-hydrogen) atoms. The van der Waals surface area contributed by atoms with Crippen LogP contribution in [-0.4, -0.2) is 47.9 Å². The molecule has 0 aromatic heterocycles. The summed E-state index contributed by atoms with van der Waals surface area (Å²) in [6, 6.07) is 0. The molecule has 0 aliphatic carbocycles. The summed E-state index contributed by atoms with van der Waals surface area (Å²) >= 11 is 0. The van der Waals surface area contributed by atoms with Crippen molar-refractivity contribution in [3.8, 4) is 0 Å². The number of quaternary nitrogens is 1. The highest BCUT2D eigenvalue weighted by Gasteiger charge is 2.29. The zero-order valence-corrected chi connectivity index (χ0v) is 10.2. The first-order valence-electron chi connectivity index (χ1n) is 6.09. The summed E-state index contributed by atoms with van der Waals surface area (Å²) < 4.78 is 0.941. The van der Waals surface area contributed by atoms with E-state index < -0.39 is 0 Å². The van der Waals surface area contributed by atoms with Crippen LogP contribution in [0.5, 0.6) is 0 Å². The van der Waals surface area contributed by atoms with Gasteiger partial charge in [0.2, 0.25) is 0 Å². The molecular weight excluding hydrogens is 188 g/mol. The van der Waals surface area contributed by atoms with E-state index in [1.165, 1.54) is 32.2 Å². The highest BCUT2D eigenvalue weighted by atomic mass is 16.3. The molecule has 0 bridgehead atoms. The Morgan fingerprint density at radius 3 is 2.60 bits per heavy atom. The summed E-state index contributed by atoms with van der Waals surface area (Å²) in [7, 11) is 2.10. The second-order valence-corrected chi connectivity index (χ2v) is 4.65. The van der Waals surface area contributed by atoms with E-state index in [0.29, 0.717) is 0 Å². The van der Waals surface area contributed by atoms with Crippen molar-refractivity contribution in [1.29, 1.82) is 0 Å². The predicted octanol–water partition coefficient (Wildman–Crippen LogP) is 1.75. The number of aliphatic hydroxyl groups is 1. The Morgan fingerprint density at radius 2 is 2.07 bits per heavy atom. The molecule has 1 atom stereocenters. The molecule has 3 nitrogen and oxygen atoms in total. The van der Waals surface area contributed by atoms with E-state index in [2.05, 4.69) is 31.3 Å². The Morgan fingerprint density at radius 1 is 1.27 bits per heavy atom. The summed E-state index contributed by atoms with van der Waals surface area (Å²) in [4.78, 5) is 2.20. The first kappa shape index (κ1) is 12.5. The first-order chi connectivity index (χ1) is 7.22. The van der Waals surface area contributed by atoms with E-state index in [0.717, 1.165) is 17.7 Å². The largest absolute Gasteiger partial charge is 0.390 e. The summed E-state index contributed by atoms with van der Waals surface area (Å²) in [6.07, 6.45) is 9.58. The lowest BCUT2D eigenvalue weighted by Gasteiger charge is -2.31. The number of nitrogens with zero attached hydrogens (tertiary/aromatic N) is 2. The molecule has 1 heterocycles. The third-order valence-electron chi connectivity index (χ3n) is 3.14. The molecular formula is C12H25N2O+. The van der Waals surface area contributed by atoms with Crippen LogP contribution in [0.15, 0.2) is 12.4 Å². The number of hydrogen-bond acceptors (Lipinski definition) is 2. The van der Waals surface area contributed by atoms with Crippen molar-refractivity contribution in [3.05, 3.63) is 12.4 Å². The van der Waals surface area contributed by atoms with Gasteiger partial charge in [-0.2, -0.15) is 0 Å². The summed E-state index contributed by atoms with van der Waals surface area (Å²) in [5, 5.41) is 9.11. The molecule has 88 valence electrons. The quantitative estimate of drug-likeness (QED) is 0.514. The summed E-state index contributed by atoms with van der Waals surface area (Å²) in [6.45, 7) is 5.56. The van der Waals surface area contributed by atoms with Gasteiger partial charge >= 0.3 is 0 Å². The van der Waals surface area contributed by atoms with Crippen molar-refractivity contribution >= 4 is 0 Å². The highest BCUT2D eigenvalue weighted by molar-refractivity contribution is 4.79. The lowest BCUT2D eigenvalue weighted by atomic mass is 10.2. The van der Waals surface area contributed by atoms with E-state index >= 15 is 0 Å². The molecule has 0 aromatic carbocycles. The first-order valence-corrected chi connectivity index (χ1v) is 6.09. The topological polar surface area (TPSA) is 23.5 Å². The zero-order valence-electron chi connectivity index (χ0n) is 10.2. The monoisotopic (exact) mass is 213 g/mol. The molecule has 1 aliphatic heterocycles. The van der Waals surface area contributed by atoms with Crippen molar-refractivity contribution in [3.63, 3.8) is 0 Å². The fourth-order valence-electron chi connectivity index (χ4n) is 2.25. The van der Waals surface area contributed by atoms with Gasteiger partial charge in [0.05, 0.1) is 19.4 Å². The average Bonchev–Trinajstić information content (AvgIpc) is 2.56. The molecule has 1 aliphatic rings. The van der Waals surface area contributed by atoms with E-state index in [4.69, 9.17) is 5.11 Å². The van der Waals surface area contributed by atoms with Crippen LogP contribution in [0.2, 0.25) is 0 Å². The predicted molar refractivity (Wildman–Crippen MR) is 63.0 cm³/mol. The van der Waals surface area contributed by atoms with Crippen LogP contribution in [0.3, 0.4) is 0 Å². The van der Waals surface area contributed by atoms with E-state index in [1.54, 1.807) is 0 Å². The van der Waals surface area contributed by atoms with Crippen LogP contribution < -0.4 is 0 Å². The maximum atomic E-state index is 9.11. The third kappa shape index (κ3) is 3.84. The van der Waals surface area contributed by atoms with Gasteiger partial charge in [-0.05, 0) is 12.8 Å². The van der Waals surface area contributed by atoms with Gasteiger partial charge in [-0.25, -0.2) is 0 Å². The lowest BCUT2D eigenvalue weighted by molar-refractivity contribution is -0.881. The average molecular weight is 213 g/mol. The van der Waals surface area contributed by atoms with E-state index in [9.17, 15) is 0 Å². The third-order valence-corrected chi connectivity index (χ3v) is 3.14. The maximum Gasteiger partial charge on any atom is 0.158 e. The molecule has 1 unspecified atom stereocenters. The Balaban J connectivity index is 2.34. The number of hydrogen-bond donors (Lipinski definition) is 1. The molecule has 1 N–H and O–H groups in total. The number of rotatable bonds is 7. The van der Waals surface area contributed by atoms with Gasteiger partial charge in [-0.3, -0.25) is 4.48 Å². The van der Waals surface area contributed by atoms with Crippen molar-refractivity contribution in [1.82, 2.24) is 4.90 Å². The Hall–Kier alpha value is -0.540. The minimum absolute atomic E-state index is 0.284. The van der Waals surface area contributed by atoms with Gasteiger partial charge in [0.1, 0.15) is 12.7 Å². The fraction of sp³-hybridized carbons (Fsp3) is 0.833. The Labute approximate surface area is 93.6 Å². The molecule has 0 amide bonds. The molecule has 0 saturated carbocycles. The summed E-state index contributed by atoms with van der Waals surface area (Å²) in [5.41, 5.74) is 0. The minimum atomic E-state index is 0.284. The second kappa shape index (κ2) is 6.13. The molecule has 0 spiro atoms. The van der Waals surface area contributed by atoms with Crippen LogP contribution in [-0.2, 0) is 0 Å². The molecule has 3 heteroatoms. The number of aliphatic hydroxyl groups excluding tert-OH is 1. The smallest absolute Gasteiger partial charge is 0.158 e. The van der Waals surface area contributed by atoms with Crippen LogP contribution >= 0.6 is 0 Å². The summed E-state index contributed by atoms with van der Waals surface area (Å²) in [5.74, 6) is 0. The Kier molecular flexibility index (Phi) is 5.12. The Bertz CT molecular complexity index is 206. The normalized spacial score (nSPS) is 25.1. The zero-order chi connectivity index (χ0) is 11.1. The van der Waals surface area contributed by atoms with Gasteiger partial charge in [0.25, 0.3) is 0 Å². The molecule has 1 rings (SSSR count). The molecule has 0 fully saturated rings. The van der Waals surface area contributed by atoms with E-state index in [1.807, 2.05) is 0 Å². The lowest BCUT2D eigenvalue weighted by Crippen LogP contribution is -2.46. The second-order valence-electron chi connectivity index (χ2n) is 4.65. The van der Waals surface area contributed by atoms with Crippen molar-refractivity contribution in [2.45, 2.75) is 32.6 Å². The maximum absolute atomic E-state index is 9.11. The van der Waals surface area contributed by atoms with Crippen molar-refractivity contribution in [2.75, 3.05) is 33.4 Å². The van der Waals surface area contributed by atoms with E-state index in [-0.39, 0.29) is 6.61 Å². The molecule has 0 aromatic rings. The standard InChI is InChI=1S/C12H25N2O/c1-3-4-5-6-8-14(10-11-15)9-7-13(2)12-14/h7,9,15H,3-6,8,10-12H2,1-2H3/q+1. The highest BCUT2D eigenvalue weighted by Crippen LogP contribution is 2.18. The van der Waals surface area contributed by atoms with Gasteiger partial charge in [0.15, 0.2) is 6.67 Å². The van der Waals surface area contributed by atoms with Crippen LogP contribution in [0.4, 0.5) is 0 Å². The van der Waals surface area contributed by atoms with Crippen LogP contribution in [0, 0.1) is 0 Å². The SMILES string of the molecule is CCCCCC[N+]1(CCO)C=CN(C)C1. The van der Waals surface area contributed by atoms with Gasteiger partial charge in [-0.1, -0.05) is 19.8 Å². The fourth-order valence-corrected chi connectivity index (χ4v) is 2.25. The van der Waals surface area contributed by atoms with Crippen LogP contribution in [0.1, 0.15) is 32.6 Å². The van der Waals surface area contributed by atoms with Crippen molar-refractivity contribution < 1.29 is 9.59 Å². The van der Waals surface area contributed by atoms with Gasteiger partial charge in [-0.15, -0.1) is 0 Å². The van der Waals surface area contributed by atoms with Gasteiger partial charge < -0.3 is 10.0 Å². The van der Waals surface area contributed by atoms with Crippen LogP contribution in [0.25, 0.3) is 0 Å². The molecule has 0 radical (unpaired) electrons. The minimum Gasteiger partial charge on any atom is -0.390 e.